The van der Waals surface area contributed by atoms with Crippen LogP contribution in [0, 0.1) is 0 Å². The first-order valence-electron chi connectivity index (χ1n) is 10.1. The third kappa shape index (κ3) is 5.10. The fourth-order valence-electron chi connectivity index (χ4n) is 3.65. The molecule has 5 nitrogen and oxygen atoms in total. The van der Waals surface area contributed by atoms with Crippen molar-refractivity contribution in [3.63, 3.8) is 0 Å². The SMILES string of the molecule is O=C(Cn1cc(S(=O)(=O)Cc2ccc(Cl)cc2)c2ccccc21)Nc1ccccc1C(F)(F)F. The minimum Gasteiger partial charge on any atom is -0.337 e. The van der Waals surface area contributed by atoms with E-state index in [0.717, 1.165) is 12.1 Å². The quantitative estimate of drug-likeness (QED) is 0.352. The Hall–Kier alpha value is -3.30. The summed E-state index contributed by atoms with van der Waals surface area (Å²) < 4.78 is 67.5. The van der Waals surface area contributed by atoms with Crippen LogP contribution in [0.3, 0.4) is 0 Å². The molecule has 4 aromatic rings. The van der Waals surface area contributed by atoms with Gasteiger partial charge in [0.05, 0.1) is 21.9 Å². The number of benzene rings is 3. The smallest absolute Gasteiger partial charge is 0.337 e. The number of nitrogens with one attached hydrogen (secondary N) is 1. The highest BCUT2D eigenvalue weighted by Crippen LogP contribution is 2.34. The molecular formula is C24H18ClF3N2O3S. The predicted molar refractivity (Wildman–Crippen MR) is 124 cm³/mol. The highest BCUT2D eigenvalue weighted by Gasteiger charge is 2.33. The zero-order chi connectivity index (χ0) is 24.5. The molecule has 1 heterocycles. The summed E-state index contributed by atoms with van der Waals surface area (Å²) in [5.74, 6) is -0.998. The molecule has 0 saturated heterocycles. The number of hydrogen-bond acceptors (Lipinski definition) is 3. The van der Waals surface area contributed by atoms with Gasteiger partial charge in [-0.25, -0.2) is 8.42 Å². The number of alkyl halides is 3. The fourth-order valence-corrected chi connectivity index (χ4v) is 5.36. The molecule has 0 spiro atoms. The molecule has 0 radical (unpaired) electrons. The first-order valence-corrected chi connectivity index (χ1v) is 12.1. The van der Waals surface area contributed by atoms with Crippen LogP contribution < -0.4 is 5.32 Å². The van der Waals surface area contributed by atoms with Crippen LogP contribution in [0.15, 0.2) is 83.9 Å². The summed E-state index contributed by atoms with van der Waals surface area (Å²) in [5.41, 5.74) is -0.321. The molecular weight excluding hydrogens is 489 g/mol. The summed E-state index contributed by atoms with van der Waals surface area (Å²) in [6.45, 7) is -0.372. The second-order valence-corrected chi connectivity index (χ2v) is 10.0. The Morgan fingerprint density at radius 1 is 0.941 bits per heavy atom. The summed E-state index contributed by atoms with van der Waals surface area (Å²) in [4.78, 5) is 12.7. The number of halogens is 4. The number of fused-ring (bicyclic) bond motifs is 1. The lowest BCUT2D eigenvalue weighted by molar-refractivity contribution is -0.137. The fraction of sp³-hybridized carbons (Fsp3) is 0.125. The van der Waals surface area contributed by atoms with Crippen LogP contribution in [-0.4, -0.2) is 18.9 Å². The first-order chi connectivity index (χ1) is 16.0. The van der Waals surface area contributed by atoms with Gasteiger partial charge in [-0.1, -0.05) is 54.1 Å². The van der Waals surface area contributed by atoms with Crippen LogP contribution in [0.5, 0.6) is 0 Å². The van der Waals surface area contributed by atoms with Crippen molar-refractivity contribution in [2.75, 3.05) is 5.32 Å². The molecule has 4 rings (SSSR count). The number of anilines is 1. The minimum atomic E-state index is -4.63. The van der Waals surface area contributed by atoms with Gasteiger partial charge in [-0.3, -0.25) is 4.79 Å². The van der Waals surface area contributed by atoms with Crippen molar-refractivity contribution in [2.45, 2.75) is 23.4 Å². The maximum Gasteiger partial charge on any atom is 0.418 e. The molecule has 1 N–H and O–H groups in total. The van der Waals surface area contributed by atoms with Crippen molar-refractivity contribution in [3.8, 4) is 0 Å². The average molecular weight is 507 g/mol. The molecule has 0 unspecified atom stereocenters. The first kappa shape index (κ1) is 23.8. The number of aromatic nitrogens is 1. The highest BCUT2D eigenvalue weighted by molar-refractivity contribution is 7.90. The molecule has 0 bridgehead atoms. The summed E-state index contributed by atoms with van der Waals surface area (Å²) >= 11 is 5.87. The van der Waals surface area contributed by atoms with Gasteiger partial charge in [0.2, 0.25) is 5.91 Å². The van der Waals surface area contributed by atoms with E-state index in [0.29, 0.717) is 21.5 Å². The van der Waals surface area contributed by atoms with E-state index >= 15 is 0 Å². The maximum absolute atomic E-state index is 13.2. The topological polar surface area (TPSA) is 68.2 Å². The Kier molecular flexibility index (Phi) is 6.42. The van der Waals surface area contributed by atoms with E-state index < -0.39 is 27.5 Å². The number of amides is 1. The van der Waals surface area contributed by atoms with Crippen LogP contribution in [0.25, 0.3) is 10.9 Å². The van der Waals surface area contributed by atoms with Gasteiger partial charge in [-0.15, -0.1) is 0 Å². The molecule has 10 heteroatoms. The second kappa shape index (κ2) is 9.15. The van der Waals surface area contributed by atoms with E-state index in [4.69, 9.17) is 11.6 Å². The Morgan fingerprint density at radius 3 is 2.29 bits per heavy atom. The second-order valence-electron chi connectivity index (χ2n) is 7.62. The summed E-state index contributed by atoms with van der Waals surface area (Å²) in [5, 5.41) is 3.18. The number of hydrogen-bond donors (Lipinski definition) is 1. The monoisotopic (exact) mass is 506 g/mol. The van der Waals surface area contributed by atoms with Gasteiger partial charge in [-0.05, 0) is 35.9 Å². The average Bonchev–Trinajstić information content (AvgIpc) is 3.14. The largest absolute Gasteiger partial charge is 0.418 e. The molecule has 0 saturated carbocycles. The molecule has 1 amide bonds. The summed E-state index contributed by atoms with van der Waals surface area (Å²) in [7, 11) is -3.80. The van der Waals surface area contributed by atoms with Gasteiger partial charge in [0.25, 0.3) is 0 Å². The van der Waals surface area contributed by atoms with Gasteiger partial charge in [0.15, 0.2) is 9.84 Å². The van der Waals surface area contributed by atoms with Crippen LogP contribution in [-0.2, 0) is 33.1 Å². The third-order valence-electron chi connectivity index (χ3n) is 5.18. The predicted octanol–water partition coefficient (Wildman–Crippen LogP) is 5.93. The number of carbonyl (C=O) groups excluding carboxylic acids is 1. The number of para-hydroxylation sites is 2. The lowest BCUT2D eigenvalue weighted by Crippen LogP contribution is -2.20. The lowest BCUT2D eigenvalue weighted by atomic mass is 10.1. The van der Waals surface area contributed by atoms with Crippen LogP contribution in [0.2, 0.25) is 5.02 Å². The van der Waals surface area contributed by atoms with Crippen molar-refractivity contribution in [2.24, 2.45) is 0 Å². The summed E-state index contributed by atoms with van der Waals surface area (Å²) in [6, 6.07) is 17.7. The van der Waals surface area contributed by atoms with E-state index in [1.54, 1.807) is 48.5 Å². The Labute approximate surface area is 198 Å². The maximum atomic E-state index is 13.2. The molecule has 0 fully saturated rings. The Balaban J connectivity index is 1.64. The highest BCUT2D eigenvalue weighted by atomic mass is 35.5. The van der Waals surface area contributed by atoms with E-state index in [2.05, 4.69) is 5.32 Å². The van der Waals surface area contributed by atoms with Gasteiger partial charge >= 0.3 is 6.18 Å². The molecule has 0 aliphatic rings. The molecule has 176 valence electrons. The Morgan fingerprint density at radius 2 is 1.59 bits per heavy atom. The molecule has 0 aliphatic carbocycles. The van der Waals surface area contributed by atoms with Crippen LogP contribution in [0.4, 0.5) is 18.9 Å². The van der Waals surface area contributed by atoms with E-state index in [9.17, 15) is 26.4 Å². The Bertz CT molecular complexity index is 1460. The van der Waals surface area contributed by atoms with Crippen molar-refractivity contribution in [3.05, 3.63) is 95.1 Å². The number of nitrogens with zero attached hydrogens (tertiary/aromatic N) is 1. The number of carbonyl (C=O) groups is 1. The molecule has 0 aliphatic heterocycles. The van der Waals surface area contributed by atoms with E-state index in [-0.39, 0.29) is 22.9 Å². The van der Waals surface area contributed by atoms with Crippen LogP contribution >= 0.6 is 11.6 Å². The van der Waals surface area contributed by atoms with Gasteiger partial charge in [0.1, 0.15) is 6.54 Å². The van der Waals surface area contributed by atoms with Gasteiger partial charge in [0, 0.05) is 22.1 Å². The lowest BCUT2D eigenvalue weighted by Gasteiger charge is -2.14. The standard InChI is InChI=1S/C24H18ClF3N2O3S/c25-17-11-9-16(10-12-17)15-34(32,33)22-13-30(21-8-4-1-5-18(21)22)14-23(31)29-20-7-3-2-6-19(20)24(26,27)28/h1-13H,14-15H2,(H,29,31). The zero-order valence-electron chi connectivity index (χ0n) is 17.5. The van der Waals surface area contributed by atoms with E-state index in [1.165, 1.54) is 22.9 Å². The van der Waals surface area contributed by atoms with Gasteiger partial charge in [-0.2, -0.15) is 13.2 Å². The normalized spacial score (nSPS) is 12.1. The zero-order valence-corrected chi connectivity index (χ0v) is 19.1. The van der Waals surface area contributed by atoms with E-state index in [1.807, 2.05) is 0 Å². The van der Waals surface area contributed by atoms with Crippen molar-refractivity contribution < 1.29 is 26.4 Å². The third-order valence-corrected chi connectivity index (χ3v) is 7.14. The molecule has 1 aromatic heterocycles. The van der Waals surface area contributed by atoms with Crippen molar-refractivity contribution >= 4 is 43.9 Å². The number of rotatable bonds is 6. The molecule has 0 atom stereocenters. The van der Waals surface area contributed by atoms with Gasteiger partial charge < -0.3 is 9.88 Å². The summed E-state index contributed by atoms with van der Waals surface area (Å²) in [6.07, 6.45) is -3.29. The minimum absolute atomic E-state index is 0.0292. The van der Waals surface area contributed by atoms with Crippen molar-refractivity contribution in [1.82, 2.24) is 4.57 Å². The molecule has 34 heavy (non-hydrogen) atoms. The van der Waals surface area contributed by atoms with Crippen LogP contribution in [0.1, 0.15) is 11.1 Å². The molecule has 3 aromatic carbocycles. The van der Waals surface area contributed by atoms with Crippen molar-refractivity contribution in [1.29, 1.82) is 0 Å². The number of sulfone groups is 1.